The number of halogens is 8. The molecule has 1 aromatic heterocycles. The monoisotopic (exact) mass is 542 g/mol. The maximum absolute atomic E-state index is 15.0. The normalized spacial score (nSPS) is 19.8. The first-order valence-electron chi connectivity index (χ1n) is 10.3. The van der Waals surface area contributed by atoms with Crippen LogP contribution in [0.2, 0.25) is 0 Å². The van der Waals surface area contributed by atoms with Crippen molar-refractivity contribution in [3.8, 4) is 5.75 Å². The highest BCUT2D eigenvalue weighted by Gasteiger charge is 2.50. The Balaban J connectivity index is 2.13. The number of hydrogen-bond acceptors (Lipinski definition) is 5. The average molecular weight is 543 g/mol. The van der Waals surface area contributed by atoms with E-state index >= 15 is 4.39 Å². The predicted octanol–water partition coefficient (Wildman–Crippen LogP) is 4.60. The Morgan fingerprint density at radius 3 is 2.39 bits per heavy atom. The Morgan fingerprint density at radius 1 is 1.25 bits per heavy atom. The summed E-state index contributed by atoms with van der Waals surface area (Å²) in [7, 11) is 0. The van der Waals surface area contributed by atoms with Crippen molar-refractivity contribution in [2.45, 2.75) is 55.7 Å². The minimum absolute atomic E-state index is 0.118. The van der Waals surface area contributed by atoms with Gasteiger partial charge < -0.3 is 10.1 Å². The first-order chi connectivity index (χ1) is 16.6. The average Bonchev–Trinajstić information content (AvgIpc) is 3.12. The van der Waals surface area contributed by atoms with Crippen LogP contribution in [0.3, 0.4) is 0 Å². The van der Waals surface area contributed by atoms with Gasteiger partial charge in [-0.1, -0.05) is 11.6 Å². The SMILES string of the molecule is C[C@@](C(=O)N[C@@H]1CCC(F)(F)C1)(c1cncnc1)N(C(=O)[C@H](F)Cl)c1ccc(OC(F)(F)F)cc1F. The fraction of sp³-hybridized carbons (Fsp3) is 0.429. The molecule has 2 aromatic rings. The molecule has 36 heavy (non-hydrogen) atoms. The van der Waals surface area contributed by atoms with Crippen molar-refractivity contribution in [3.05, 3.63) is 48.3 Å². The van der Waals surface area contributed by atoms with Crippen molar-refractivity contribution in [2.75, 3.05) is 4.90 Å². The highest BCUT2D eigenvalue weighted by Crippen LogP contribution is 2.39. The summed E-state index contributed by atoms with van der Waals surface area (Å²) in [6.07, 6.45) is -3.39. The van der Waals surface area contributed by atoms with E-state index in [1.165, 1.54) is 0 Å². The lowest BCUT2D eigenvalue weighted by molar-refractivity contribution is -0.274. The Bertz CT molecular complexity index is 1120. The molecule has 0 unspecified atom stereocenters. The van der Waals surface area contributed by atoms with Crippen LogP contribution in [0.15, 0.2) is 36.9 Å². The van der Waals surface area contributed by atoms with E-state index in [4.69, 9.17) is 11.6 Å². The number of amides is 2. The number of ether oxygens (including phenoxy) is 1. The summed E-state index contributed by atoms with van der Waals surface area (Å²) < 4.78 is 97.8. The van der Waals surface area contributed by atoms with Gasteiger partial charge in [-0.05, 0) is 25.5 Å². The molecule has 0 radical (unpaired) electrons. The van der Waals surface area contributed by atoms with Gasteiger partial charge in [0.1, 0.15) is 12.1 Å². The van der Waals surface area contributed by atoms with E-state index < -0.39 is 71.4 Å². The fourth-order valence-corrected chi connectivity index (χ4v) is 3.95. The molecule has 7 nitrogen and oxygen atoms in total. The Morgan fingerprint density at radius 2 is 1.89 bits per heavy atom. The van der Waals surface area contributed by atoms with Crippen molar-refractivity contribution in [2.24, 2.45) is 0 Å². The van der Waals surface area contributed by atoms with Crippen molar-refractivity contribution < 1.29 is 45.1 Å². The molecule has 2 amide bonds. The van der Waals surface area contributed by atoms with Gasteiger partial charge in [0, 0.05) is 42.9 Å². The maximum atomic E-state index is 15.0. The lowest BCUT2D eigenvalue weighted by Gasteiger charge is -2.40. The van der Waals surface area contributed by atoms with E-state index in [2.05, 4.69) is 20.0 Å². The van der Waals surface area contributed by atoms with Gasteiger partial charge in [-0.2, -0.15) is 0 Å². The van der Waals surface area contributed by atoms with Crippen molar-refractivity contribution >= 4 is 29.1 Å². The molecule has 0 aliphatic heterocycles. The van der Waals surface area contributed by atoms with Crippen LogP contribution < -0.4 is 15.0 Å². The molecule has 1 fully saturated rings. The Labute approximate surface area is 204 Å². The third-order valence-corrected chi connectivity index (χ3v) is 5.74. The van der Waals surface area contributed by atoms with Crippen LogP contribution in [0.5, 0.6) is 5.75 Å². The van der Waals surface area contributed by atoms with Crippen LogP contribution in [0, 0.1) is 5.82 Å². The zero-order valence-corrected chi connectivity index (χ0v) is 19.1. The second kappa shape index (κ2) is 10.1. The quantitative estimate of drug-likeness (QED) is 0.408. The zero-order chi connectivity index (χ0) is 26.9. The molecule has 3 atom stereocenters. The largest absolute Gasteiger partial charge is 0.573 e. The molecule has 0 spiro atoms. The number of nitrogens with one attached hydrogen (secondary N) is 1. The van der Waals surface area contributed by atoms with Crippen LogP contribution in [0.4, 0.5) is 36.4 Å². The summed E-state index contributed by atoms with van der Waals surface area (Å²) in [4.78, 5) is 34.1. The predicted molar refractivity (Wildman–Crippen MR) is 111 cm³/mol. The standard InChI is InChI=1S/C21H18ClF7N4O3/c1-19(11-8-30-10-31-9-11,18(35)32-12-4-5-20(25,26)7-12)33(17(34)16(22)24)15-3-2-13(6-14(15)23)36-21(27,28)29/h2-3,6,8-10,12,16H,4-5,7H2,1H3,(H,32,35)/t12-,16+,19+/m1/s1. The number of carbonyl (C=O) groups excluding carboxylic acids is 2. The van der Waals surface area contributed by atoms with Crippen LogP contribution in [0.25, 0.3) is 0 Å². The van der Waals surface area contributed by atoms with Gasteiger partial charge in [0.2, 0.25) is 5.92 Å². The Kier molecular flexibility index (Phi) is 7.67. The third-order valence-electron chi connectivity index (χ3n) is 5.55. The van der Waals surface area contributed by atoms with Crippen molar-refractivity contribution in [1.82, 2.24) is 15.3 Å². The number of benzene rings is 1. The van der Waals surface area contributed by atoms with Crippen LogP contribution in [-0.2, 0) is 15.1 Å². The first kappa shape index (κ1) is 27.4. The van der Waals surface area contributed by atoms with E-state index in [1.807, 2.05) is 0 Å². The number of aromatic nitrogens is 2. The number of carbonyl (C=O) groups is 2. The van der Waals surface area contributed by atoms with Gasteiger partial charge in [-0.25, -0.2) is 27.5 Å². The highest BCUT2D eigenvalue weighted by atomic mass is 35.5. The summed E-state index contributed by atoms with van der Waals surface area (Å²) >= 11 is 5.33. The molecule has 15 heteroatoms. The van der Waals surface area contributed by atoms with Crippen LogP contribution in [-0.4, -0.2) is 45.7 Å². The molecule has 3 rings (SSSR count). The summed E-state index contributed by atoms with van der Waals surface area (Å²) in [6.45, 7) is 1.03. The fourth-order valence-electron chi connectivity index (χ4n) is 3.86. The van der Waals surface area contributed by atoms with Crippen molar-refractivity contribution in [1.29, 1.82) is 0 Å². The van der Waals surface area contributed by atoms with Gasteiger partial charge in [0.05, 0.1) is 5.69 Å². The summed E-state index contributed by atoms with van der Waals surface area (Å²) in [5, 5.41) is 2.35. The zero-order valence-electron chi connectivity index (χ0n) is 18.3. The minimum Gasteiger partial charge on any atom is -0.406 e. The smallest absolute Gasteiger partial charge is 0.406 e. The molecule has 1 aliphatic carbocycles. The lowest BCUT2D eigenvalue weighted by atomic mass is 9.89. The molecule has 1 aliphatic rings. The highest BCUT2D eigenvalue weighted by molar-refractivity contribution is 6.32. The number of nitrogens with zero attached hydrogens (tertiary/aromatic N) is 3. The second-order valence-corrected chi connectivity index (χ2v) is 8.49. The molecule has 196 valence electrons. The molecule has 1 aromatic carbocycles. The van der Waals surface area contributed by atoms with E-state index in [1.54, 1.807) is 0 Å². The van der Waals surface area contributed by atoms with Gasteiger partial charge in [-0.3, -0.25) is 14.5 Å². The lowest BCUT2D eigenvalue weighted by Crippen LogP contribution is -2.60. The second-order valence-electron chi connectivity index (χ2n) is 8.10. The van der Waals surface area contributed by atoms with Gasteiger partial charge in [0.25, 0.3) is 17.4 Å². The summed E-state index contributed by atoms with van der Waals surface area (Å²) in [5.74, 6) is -8.37. The number of anilines is 1. The molecule has 1 N–H and O–H groups in total. The van der Waals surface area contributed by atoms with Crippen molar-refractivity contribution in [3.63, 3.8) is 0 Å². The summed E-state index contributed by atoms with van der Waals surface area (Å²) in [5.41, 5.74) is -6.27. The molecular formula is C21H18ClF7N4O3. The number of rotatable bonds is 7. The molecular weight excluding hydrogens is 525 g/mol. The molecule has 0 bridgehead atoms. The molecule has 1 heterocycles. The maximum Gasteiger partial charge on any atom is 0.573 e. The van der Waals surface area contributed by atoms with Gasteiger partial charge >= 0.3 is 6.36 Å². The van der Waals surface area contributed by atoms with Crippen LogP contribution in [0.1, 0.15) is 31.7 Å². The minimum atomic E-state index is -5.16. The number of alkyl halides is 7. The van der Waals surface area contributed by atoms with E-state index in [0.717, 1.165) is 25.6 Å². The van der Waals surface area contributed by atoms with Crippen LogP contribution >= 0.6 is 11.6 Å². The van der Waals surface area contributed by atoms with Gasteiger partial charge in [-0.15, -0.1) is 13.2 Å². The van der Waals surface area contributed by atoms with E-state index in [9.17, 15) is 35.9 Å². The van der Waals surface area contributed by atoms with E-state index in [0.29, 0.717) is 12.1 Å². The molecule has 1 saturated carbocycles. The Hall–Kier alpha value is -3.16. The topological polar surface area (TPSA) is 84.4 Å². The molecule has 0 saturated heterocycles. The third kappa shape index (κ3) is 5.97. The van der Waals surface area contributed by atoms with E-state index in [-0.39, 0.29) is 23.0 Å². The first-order valence-corrected chi connectivity index (χ1v) is 10.7. The summed E-state index contributed by atoms with van der Waals surface area (Å²) in [6, 6.07) is 0.498. The number of hydrogen-bond donors (Lipinski definition) is 1. The van der Waals surface area contributed by atoms with Gasteiger partial charge in [0.15, 0.2) is 11.4 Å².